The molecule has 154 valence electrons. The van der Waals surface area contributed by atoms with Crippen molar-refractivity contribution in [1.29, 1.82) is 0 Å². The summed E-state index contributed by atoms with van der Waals surface area (Å²) in [7, 11) is 0. The van der Waals surface area contributed by atoms with E-state index in [4.69, 9.17) is 11.6 Å². The van der Waals surface area contributed by atoms with Crippen LogP contribution >= 0.6 is 11.6 Å². The van der Waals surface area contributed by atoms with E-state index in [1.54, 1.807) is 36.4 Å². The Morgan fingerprint density at radius 3 is 2.27 bits per heavy atom. The standard InChI is InChI=1S/C22H18ClF2N3O2/c23-17-8-10-18(11-9-17)26-22(29)28-27-20(14-15-4-2-1-3-5-15)16-6-12-19(13-7-16)30-21(24)25/h1-13,21H,14H2,(H2,26,28,29)/b27-20+. The third-order valence-electron chi connectivity index (χ3n) is 4.02. The van der Waals surface area contributed by atoms with Gasteiger partial charge in [0.25, 0.3) is 0 Å². The molecule has 0 spiro atoms. The monoisotopic (exact) mass is 429 g/mol. The Labute approximate surface area is 177 Å². The number of nitrogens with one attached hydrogen (secondary N) is 2. The topological polar surface area (TPSA) is 62.7 Å². The molecule has 3 aromatic carbocycles. The number of carbonyl (C=O) groups is 1. The normalized spacial score (nSPS) is 11.3. The van der Waals surface area contributed by atoms with Gasteiger partial charge in [-0.2, -0.15) is 13.9 Å². The summed E-state index contributed by atoms with van der Waals surface area (Å²) < 4.78 is 29.1. The summed E-state index contributed by atoms with van der Waals surface area (Å²) in [5.41, 5.74) is 5.21. The molecule has 0 aliphatic rings. The first-order valence-electron chi connectivity index (χ1n) is 8.98. The molecule has 0 saturated heterocycles. The molecule has 0 heterocycles. The number of urea groups is 1. The van der Waals surface area contributed by atoms with Gasteiger partial charge in [0.05, 0.1) is 5.71 Å². The largest absolute Gasteiger partial charge is 0.435 e. The lowest BCUT2D eigenvalue weighted by Crippen LogP contribution is -2.26. The molecule has 0 bridgehead atoms. The zero-order valence-electron chi connectivity index (χ0n) is 15.7. The fourth-order valence-electron chi connectivity index (χ4n) is 2.63. The van der Waals surface area contributed by atoms with Gasteiger partial charge in [0.1, 0.15) is 5.75 Å². The third kappa shape index (κ3) is 6.56. The van der Waals surface area contributed by atoms with Gasteiger partial charge in [-0.05, 0) is 59.7 Å². The second-order valence-corrected chi connectivity index (χ2v) is 6.63. The van der Waals surface area contributed by atoms with E-state index >= 15 is 0 Å². The number of benzene rings is 3. The number of halogens is 3. The molecule has 0 unspecified atom stereocenters. The summed E-state index contributed by atoms with van der Waals surface area (Å²) in [5.74, 6) is 0.0428. The zero-order valence-corrected chi connectivity index (χ0v) is 16.4. The number of carbonyl (C=O) groups excluding carboxylic acids is 1. The Kier molecular flexibility index (Phi) is 7.34. The van der Waals surface area contributed by atoms with Crippen LogP contribution in [0, 0.1) is 0 Å². The van der Waals surface area contributed by atoms with Crippen molar-refractivity contribution in [2.75, 3.05) is 5.32 Å². The molecule has 0 saturated carbocycles. The molecule has 8 heteroatoms. The Bertz CT molecular complexity index is 995. The van der Waals surface area contributed by atoms with Gasteiger partial charge < -0.3 is 10.1 Å². The number of hydrogen-bond donors (Lipinski definition) is 2. The molecule has 0 atom stereocenters. The molecule has 0 aliphatic carbocycles. The van der Waals surface area contributed by atoms with Crippen LogP contribution in [-0.4, -0.2) is 18.4 Å². The first kappa shape index (κ1) is 21.3. The molecule has 2 N–H and O–H groups in total. The predicted molar refractivity (Wildman–Crippen MR) is 113 cm³/mol. The number of amides is 2. The van der Waals surface area contributed by atoms with Crippen molar-refractivity contribution >= 4 is 29.0 Å². The molecule has 3 rings (SSSR count). The van der Waals surface area contributed by atoms with Crippen molar-refractivity contribution in [1.82, 2.24) is 5.43 Å². The fourth-order valence-corrected chi connectivity index (χ4v) is 2.76. The van der Waals surface area contributed by atoms with E-state index < -0.39 is 12.6 Å². The number of rotatable bonds is 7. The van der Waals surface area contributed by atoms with Crippen LogP contribution < -0.4 is 15.5 Å². The minimum absolute atomic E-state index is 0.0428. The molecule has 3 aromatic rings. The van der Waals surface area contributed by atoms with E-state index in [9.17, 15) is 13.6 Å². The Morgan fingerprint density at radius 2 is 1.63 bits per heavy atom. The van der Waals surface area contributed by atoms with E-state index in [1.165, 1.54) is 12.1 Å². The van der Waals surface area contributed by atoms with Crippen LogP contribution in [0.4, 0.5) is 19.3 Å². The van der Waals surface area contributed by atoms with Crippen LogP contribution in [0.2, 0.25) is 5.02 Å². The van der Waals surface area contributed by atoms with Crippen molar-refractivity contribution in [3.63, 3.8) is 0 Å². The average Bonchev–Trinajstić information content (AvgIpc) is 2.74. The molecule has 5 nitrogen and oxygen atoms in total. The first-order chi connectivity index (χ1) is 14.5. The van der Waals surface area contributed by atoms with Gasteiger partial charge in [-0.15, -0.1) is 0 Å². The number of ether oxygens (including phenoxy) is 1. The van der Waals surface area contributed by atoms with Gasteiger partial charge in [0.15, 0.2) is 0 Å². The highest BCUT2D eigenvalue weighted by Crippen LogP contribution is 2.17. The summed E-state index contributed by atoms with van der Waals surface area (Å²) in [5, 5.41) is 7.44. The maximum Gasteiger partial charge on any atom is 0.387 e. The third-order valence-corrected chi connectivity index (χ3v) is 4.27. The van der Waals surface area contributed by atoms with Crippen molar-refractivity contribution in [2.45, 2.75) is 13.0 Å². The summed E-state index contributed by atoms with van der Waals surface area (Å²) >= 11 is 5.83. The second kappa shape index (κ2) is 10.4. The van der Waals surface area contributed by atoms with Crippen LogP contribution in [-0.2, 0) is 6.42 Å². The second-order valence-electron chi connectivity index (χ2n) is 6.20. The summed E-state index contributed by atoms with van der Waals surface area (Å²) in [6.45, 7) is -2.90. The number of hydrazone groups is 1. The van der Waals surface area contributed by atoms with Gasteiger partial charge >= 0.3 is 12.6 Å². The van der Waals surface area contributed by atoms with Crippen molar-refractivity contribution < 1.29 is 18.3 Å². The van der Waals surface area contributed by atoms with E-state index in [2.05, 4.69) is 20.6 Å². The molecule has 0 fully saturated rings. The molecular formula is C22H18ClF2N3O2. The number of anilines is 1. The van der Waals surface area contributed by atoms with Gasteiger partial charge in [0, 0.05) is 17.1 Å². The Morgan fingerprint density at radius 1 is 0.967 bits per heavy atom. The quantitative estimate of drug-likeness (QED) is 0.373. The minimum Gasteiger partial charge on any atom is -0.435 e. The van der Waals surface area contributed by atoms with E-state index in [-0.39, 0.29) is 5.75 Å². The molecule has 30 heavy (non-hydrogen) atoms. The van der Waals surface area contributed by atoms with Crippen molar-refractivity contribution in [2.24, 2.45) is 5.10 Å². The molecule has 0 aliphatic heterocycles. The number of hydrogen-bond acceptors (Lipinski definition) is 3. The Hall–Kier alpha value is -3.45. The van der Waals surface area contributed by atoms with E-state index in [1.807, 2.05) is 30.3 Å². The zero-order chi connectivity index (χ0) is 21.3. The van der Waals surface area contributed by atoms with Gasteiger partial charge in [-0.25, -0.2) is 10.2 Å². The number of alkyl halides is 2. The molecular weight excluding hydrogens is 412 g/mol. The van der Waals surface area contributed by atoms with Crippen LogP contribution in [0.1, 0.15) is 11.1 Å². The fraction of sp³-hybridized carbons (Fsp3) is 0.0909. The van der Waals surface area contributed by atoms with Crippen molar-refractivity contribution in [3.8, 4) is 5.75 Å². The van der Waals surface area contributed by atoms with Gasteiger partial charge in [-0.3, -0.25) is 0 Å². The van der Waals surface area contributed by atoms with Crippen molar-refractivity contribution in [3.05, 3.63) is 95.0 Å². The molecule has 0 aromatic heterocycles. The van der Waals surface area contributed by atoms with E-state index in [0.717, 1.165) is 5.56 Å². The highest BCUT2D eigenvalue weighted by molar-refractivity contribution is 6.30. The van der Waals surface area contributed by atoms with Gasteiger partial charge in [-0.1, -0.05) is 41.9 Å². The van der Waals surface area contributed by atoms with Crippen LogP contribution in [0.25, 0.3) is 0 Å². The lowest BCUT2D eigenvalue weighted by molar-refractivity contribution is -0.0498. The van der Waals surface area contributed by atoms with Crippen LogP contribution in [0.3, 0.4) is 0 Å². The number of nitrogens with zero attached hydrogens (tertiary/aromatic N) is 1. The minimum atomic E-state index is -2.90. The molecule has 0 radical (unpaired) electrons. The highest BCUT2D eigenvalue weighted by Gasteiger charge is 2.09. The first-order valence-corrected chi connectivity index (χ1v) is 9.36. The lowest BCUT2D eigenvalue weighted by Gasteiger charge is -2.10. The maximum atomic E-state index is 12.4. The lowest BCUT2D eigenvalue weighted by atomic mass is 10.0. The SMILES string of the molecule is O=C(N/N=C(\Cc1ccccc1)c1ccc(OC(F)F)cc1)Nc1ccc(Cl)cc1. The van der Waals surface area contributed by atoms with Crippen LogP contribution in [0.15, 0.2) is 84.0 Å². The van der Waals surface area contributed by atoms with Crippen LogP contribution in [0.5, 0.6) is 5.75 Å². The predicted octanol–water partition coefficient (Wildman–Crippen LogP) is 5.71. The summed E-state index contributed by atoms with van der Waals surface area (Å²) in [4.78, 5) is 12.2. The highest BCUT2D eigenvalue weighted by atomic mass is 35.5. The molecule has 2 amide bonds. The average molecular weight is 430 g/mol. The summed E-state index contributed by atoms with van der Waals surface area (Å²) in [6, 6.07) is 21.7. The summed E-state index contributed by atoms with van der Waals surface area (Å²) in [6.07, 6.45) is 0.428. The van der Waals surface area contributed by atoms with Gasteiger partial charge in [0.2, 0.25) is 0 Å². The Balaban J connectivity index is 1.76. The maximum absolute atomic E-state index is 12.4. The smallest absolute Gasteiger partial charge is 0.387 e. The van der Waals surface area contributed by atoms with E-state index in [0.29, 0.717) is 28.4 Å².